The highest BCUT2D eigenvalue weighted by Gasteiger charge is 2.12. The van der Waals surface area contributed by atoms with Gasteiger partial charge >= 0.3 is 10.9 Å². The summed E-state index contributed by atoms with van der Waals surface area (Å²) in [5.74, 6) is 6.17. The van der Waals surface area contributed by atoms with Crippen LogP contribution >= 0.6 is 0 Å². The maximum atomic E-state index is 12.0. The predicted molar refractivity (Wildman–Crippen MR) is 84.1 cm³/mol. The summed E-state index contributed by atoms with van der Waals surface area (Å²) in [6.45, 7) is 0. The second-order valence-electron chi connectivity index (χ2n) is 4.56. The van der Waals surface area contributed by atoms with Gasteiger partial charge in [-0.1, -0.05) is 30.0 Å². The van der Waals surface area contributed by atoms with Crippen molar-refractivity contribution in [3.63, 3.8) is 0 Å². The highest BCUT2D eigenvalue weighted by Crippen LogP contribution is 2.16. The summed E-state index contributed by atoms with van der Waals surface area (Å²) in [4.78, 5) is 2.64. The number of hydrogen-bond acceptors (Lipinski definition) is 2. The zero-order chi connectivity index (χ0) is 15.4. The third-order valence-electron chi connectivity index (χ3n) is 3.14. The summed E-state index contributed by atoms with van der Waals surface area (Å²) >= 11 is 0. The lowest BCUT2D eigenvalue weighted by atomic mass is 10.1. The molecule has 0 radical (unpaired) electrons. The maximum Gasteiger partial charge on any atom is 0.420 e. The SMILES string of the molecule is [N-]=[N+]=Nc1ccc2cc(C#Cc3ccccc3)ccc2[n+]1[O-]. The highest BCUT2D eigenvalue weighted by atomic mass is 16.5. The molecule has 1 heterocycles. The van der Waals surface area contributed by atoms with Gasteiger partial charge < -0.3 is 5.21 Å². The molecule has 0 aliphatic carbocycles. The van der Waals surface area contributed by atoms with Crippen molar-refractivity contribution in [1.82, 2.24) is 0 Å². The minimum Gasteiger partial charge on any atom is -0.710 e. The van der Waals surface area contributed by atoms with Gasteiger partial charge in [-0.15, -0.1) is 0 Å². The Labute approximate surface area is 126 Å². The Bertz CT molecular complexity index is 949. The molecule has 5 nitrogen and oxygen atoms in total. The Morgan fingerprint density at radius 2 is 1.73 bits per heavy atom. The molecule has 0 atom stereocenters. The number of nitrogens with zero attached hydrogens (tertiary/aromatic N) is 4. The molecule has 0 saturated carbocycles. The topological polar surface area (TPSA) is 75.7 Å². The molecule has 2 aromatic carbocycles. The average Bonchev–Trinajstić information content (AvgIpc) is 2.56. The van der Waals surface area contributed by atoms with Crippen LogP contribution in [-0.2, 0) is 0 Å². The summed E-state index contributed by atoms with van der Waals surface area (Å²) in [6, 6.07) is 18.2. The van der Waals surface area contributed by atoms with Crippen LogP contribution in [0.15, 0.2) is 65.8 Å². The molecule has 0 unspecified atom stereocenters. The first-order valence-electron chi connectivity index (χ1n) is 6.56. The van der Waals surface area contributed by atoms with Crippen LogP contribution in [0.5, 0.6) is 0 Å². The van der Waals surface area contributed by atoms with E-state index in [1.54, 1.807) is 18.2 Å². The Balaban J connectivity index is 2.03. The summed E-state index contributed by atoms with van der Waals surface area (Å²) in [6.07, 6.45) is 0. The van der Waals surface area contributed by atoms with E-state index in [0.717, 1.165) is 16.5 Å². The summed E-state index contributed by atoms with van der Waals surface area (Å²) in [5.41, 5.74) is 10.6. The van der Waals surface area contributed by atoms with Gasteiger partial charge in [0.15, 0.2) is 0 Å². The number of aromatic nitrogens is 1. The molecule has 0 spiro atoms. The van der Waals surface area contributed by atoms with Crippen molar-refractivity contribution in [1.29, 1.82) is 0 Å². The Hall–Kier alpha value is -3.48. The first-order valence-corrected chi connectivity index (χ1v) is 6.56. The lowest BCUT2D eigenvalue weighted by Crippen LogP contribution is -2.26. The van der Waals surface area contributed by atoms with Crippen molar-refractivity contribution in [3.05, 3.63) is 87.4 Å². The van der Waals surface area contributed by atoms with E-state index in [2.05, 4.69) is 21.9 Å². The molecule has 0 amide bonds. The van der Waals surface area contributed by atoms with Crippen LogP contribution in [-0.4, -0.2) is 0 Å². The highest BCUT2D eigenvalue weighted by molar-refractivity contribution is 5.78. The van der Waals surface area contributed by atoms with E-state index in [1.165, 1.54) is 6.07 Å². The van der Waals surface area contributed by atoms with Gasteiger partial charge in [-0.25, -0.2) is 4.73 Å². The van der Waals surface area contributed by atoms with Crippen LogP contribution in [0.4, 0.5) is 5.82 Å². The summed E-state index contributed by atoms with van der Waals surface area (Å²) < 4.78 is 0.615. The van der Waals surface area contributed by atoms with E-state index in [-0.39, 0.29) is 5.82 Å². The molecule has 22 heavy (non-hydrogen) atoms. The van der Waals surface area contributed by atoms with Crippen molar-refractivity contribution >= 4 is 16.7 Å². The van der Waals surface area contributed by atoms with Crippen molar-refractivity contribution in [2.24, 2.45) is 5.11 Å². The zero-order valence-electron chi connectivity index (χ0n) is 11.5. The van der Waals surface area contributed by atoms with Gasteiger partial charge in [0.2, 0.25) is 4.91 Å². The normalized spacial score (nSPS) is 9.64. The van der Waals surface area contributed by atoms with Gasteiger partial charge in [0, 0.05) is 28.1 Å². The number of rotatable bonds is 1. The molecule has 0 bridgehead atoms. The fourth-order valence-corrected chi connectivity index (χ4v) is 2.09. The lowest BCUT2D eigenvalue weighted by molar-refractivity contribution is -0.563. The van der Waals surface area contributed by atoms with Crippen LogP contribution in [0.2, 0.25) is 0 Å². The minimum absolute atomic E-state index is 0.0260. The van der Waals surface area contributed by atoms with Crippen molar-refractivity contribution in [2.45, 2.75) is 0 Å². The van der Waals surface area contributed by atoms with E-state index < -0.39 is 0 Å². The number of pyridine rings is 1. The molecule has 5 heteroatoms. The molecular weight excluding hydrogens is 276 g/mol. The summed E-state index contributed by atoms with van der Waals surface area (Å²) in [5, 5.41) is 16.1. The molecule has 3 aromatic rings. The van der Waals surface area contributed by atoms with E-state index >= 15 is 0 Å². The van der Waals surface area contributed by atoms with E-state index in [4.69, 9.17) is 5.53 Å². The van der Waals surface area contributed by atoms with Crippen LogP contribution in [0.25, 0.3) is 21.3 Å². The predicted octanol–water partition coefficient (Wildman–Crippen LogP) is 3.81. The van der Waals surface area contributed by atoms with Crippen LogP contribution in [0.1, 0.15) is 11.1 Å². The maximum absolute atomic E-state index is 12.0. The van der Waals surface area contributed by atoms with Crippen molar-refractivity contribution in [2.75, 3.05) is 0 Å². The molecule has 104 valence electrons. The van der Waals surface area contributed by atoms with E-state index in [1.807, 2.05) is 36.4 Å². The monoisotopic (exact) mass is 286 g/mol. The molecule has 0 aliphatic heterocycles. The molecule has 0 fully saturated rings. The number of benzene rings is 2. The van der Waals surface area contributed by atoms with Gasteiger partial charge in [0.05, 0.1) is 0 Å². The number of hydrogen-bond donors (Lipinski definition) is 0. The van der Waals surface area contributed by atoms with E-state index in [9.17, 15) is 5.21 Å². The Morgan fingerprint density at radius 3 is 2.50 bits per heavy atom. The van der Waals surface area contributed by atoms with E-state index in [0.29, 0.717) is 10.2 Å². The average molecular weight is 286 g/mol. The standard InChI is InChI=1S/C17H10N4O/c18-20-19-17-11-9-15-12-14(8-10-16(15)21(17)22)7-6-13-4-2-1-3-5-13/h1-5,8-12H. The molecular formula is C17H10N4O. The Morgan fingerprint density at radius 1 is 0.955 bits per heavy atom. The second-order valence-corrected chi connectivity index (χ2v) is 4.56. The van der Waals surface area contributed by atoms with Crippen molar-refractivity contribution in [3.8, 4) is 11.8 Å². The molecule has 3 rings (SSSR count). The van der Waals surface area contributed by atoms with Gasteiger partial charge in [0.25, 0.3) is 0 Å². The lowest BCUT2D eigenvalue weighted by Gasteiger charge is -2.05. The first kappa shape index (κ1) is 13.5. The fourth-order valence-electron chi connectivity index (χ4n) is 2.09. The zero-order valence-corrected chi connectivity index (χ0v) is 11.5. The molecule has 0 saturated heterocycles. The quantitative estimate of drug-likeness (QED) is 0.167. The third-order valence-corrected chi connectivity index (χ3v) is 3.14. The molecule has 1 aromatic heterocycles. The van der Waals surface area contributed by atoms with Crippen LogP contribution in [0, 0.1) is 17.0 Å². The first-order chi connectivity index (χ1) is 10.8. The van der Waals surface area contributed by atoms with Crippen LogP contribution in [0.3, 0.4) is 0 Å². The van der Waals surface area contributed by atoms with Gasteiger partial charge in [0.1, 0.15) is 5.52 Å². The number of fused-ring (bicyclic) bond motifs is 1. The summed E-state index contributed by atoms with van der Waals surface area (Å²) in [7, 11) is 0. The van der Waals surface area contributed by atoms with Crippen LogP contribution < -0.4 is 4.73 Å². The van der Waals surface area contributed by atoms with Gasteiger partial charge in [-0.3, -0.25) is 0 Å². The van der Waals surface area contributed by atoms with Gasteiger partial charge in [-0.2, -0.15) is 0 Å². The van der Waals surface area contributed by atoms with Crippen molar-refractivity contribution < 1.29 is 4.73 Å². The second kappa shape index (κ2) is 5.88. The largest absolute Gasteiger partial charge is 0.710 e. The number of azide groups is 1. The third kappa shape index (κ3) is 2.68. The minimum atomic E-state index is 0.0260. The molecule has 0 N–H and O–H groups in total. The fraction of sp³-hybridized carbons (Fsp3) is 0. The molecule has 0 aliphatic rings. The Kier molecular flexibility index (Phi) is 3.61. The van der Waals surface area contributed by atoms with Gasteiger partial charge in [-0.05, 0) is 36.4 Å². The smallest absolute Gasteiger partial charge is 0.420 e.